The van der Waals surface area contributed by atoms with Crippen molar-refractivity contribution in [1.82, 2.24) is 0 Å². The molecule has 19 heavy (non-hydrogen) atoms. The van der Waals surface area contributed by atoms with Crippen LogP contribution in [0.25, 0.3) is 0 Å². The van der Waals surface area contributed by atoms with Crippen molar-refractivity contribution >= 4 is 22.7 Å². The van der Waals surface area contributed by atoms with Gasteiger partial charge in [-0.2, -0.15) is 0 Å². The third kappa shape index (κ3) is 5.60. The van der Waals surface area contributed by atoms with E-state index in [0.29, 0.717) is 0 Å². The number of carbonyl (C=O) groups excluding carboxylic acids is 2. The fourth-order valence-electron chi connectivity index (χ4n) is 2.21. The average Bonchev–Trinajstić information content (AvgIpc) is 2.37. The van der Waals surface area contributed by atoms with E-state index < -0.39 is 0 Å². The lowest BCUT2D eigenvalue weighted by Crippen LogP contribution is -2.14. The quantitative estimate of drug-likeness (QED) is 0.741. The maximum atomic E-state index is 11.7. The highest BCUT2D eigenvalue weighted by Crippen LogP contribution is 2.36. The maximum Gasteiger partial charge on any atom is 0.186 e. The predicted molar refractivity (Wildman–Crippen MR) is 81.2 cm³/mol. The minimum atomic E-state index is 0.0575. The Morgan fingerprint density at radius 1 is 1.16 bits per heavy atom. The molecule has 0 spiro atoms. The number of carbonyl (C=O) groups is 2. The summed E-state index contributed by atoms with van der Waals surface area (Å²) in [5, 5.41) is 0.187. The topological polar surface area (TPSA) is 34.1 Å². The van der Waals surface area contributed by atoms with Crippen molar-refractivity contribution in [1.29, 1.82) is 0 Å². The van der Waals surface area contributed by atoms with Crippen molar-refractivity contribution in [3.8, 4) is 0 Å². The Bertz CT molecular complexity index is 414. The van der Waals surface area contributed by atoms with Crippen LogP contribution in [-0.4, -0.2) is 10.9 Å². The zero-order valence-electron chi connectivity index (χ0n) is 11.9. The van der Waals surface area contributed by atoms with Crippen LogP contribution in [0.4, 0.5) is 0 Å². The molecule has 0 saturated heterocycles. The van der Waals surface area contributed by atoms with Gasteiger partial charge in [0.1, 0.15) is 5.78 Å². The smallest absolute Gasteiger partial charge is 0.186 e. The molecule has 0 aliphatic heterocycles. The first-order chi connectivity index (χ1) is 9.04. The minimum Gasteiger partial charge on any atom is -0.300 e. The van der Waals surface area contributed by atoms with Crippen molar-refractivity contribution in [2.45, 2.75) is 45.3 Å². The third-order valence-corrected chi connectivity index (χ3v) is 4.27. The van der Waals surface area contributed by atoms with Gasteiger partial charge in [-0.05, 0) is 25.3 Å². The Kier molecular flexibility index (Phi) is 6.85. The molecule has 1 aromatic carbocycles. The summed E-state index contributed by atoms with van der Waals surface area (Å²) in [7, 11) is 0. The molecule has 2 nitrogen and oxygen atoms in total. The largest absolute Gasteiger partial charge is 0.300 e. The van der Waals surface area contributed by atoms with Gasteiger partial charge in [0.25, 0.3) is 0 Å². The van der Waals surface area contributed by atoms with Gasteiger partial charge in [-0.25, -0.2) is 0 Å². The first-order valence-electron chi connectivity index (χ1n) is 6.77. The number of rotatable bonds is 7. The molecule has 0 aliphatic rings. The van der Waals surface area contributed by atoms with Gasteiger partial charge in [0.15, 0.2) is 5.12 Å². The van der Waals surface area contributed by atoms with Crippen molar-refractivity contribution < 1.29 is 9.59 Å². The van der Waals surface area contributed by atoms with Crippen molar-refractivity contribution in [2.24, 2.45) is 5.92 Å². The molecule has 3 heteroatoms. The highest BCUT2D eigenvalue weighted by molar-refractivity contribution is 8.13. The van der Waals surface area contributed by atoms with E-state index in [2.05, 4.69) is 6.92 Å². The van der Waals surface area contributed by atoms with Crippen molar-refractivity contribution in [3.05, 3.63) is 35.9 Å². The molecule has 0 fully saturated rings. The molecule has 0 N–H and O–H groups in total. The summed E-state index contributed by atoms with van der Waals surface area (Å²) in [6.45, 7) is 5.33. The van der Waals surface area contributed by atoms with E-state index in [-0.39, 0.29) is 22.1 Å². The van der Waals surface area contributed by atoms with Crippen LogP contribution in [0.2, 0.25) is 0 Å². The Labute approximate surface area is 120 Å². The van der Waals surface area contributed by atoms with Crippen LogP contribution < -0.4 is 0 Å². The molecule has 1 aromatic rings. The van der Waals surface area contributed by atoms with E-state index >= 15 is 0 Å². The van der Waals surface area contributed by atoms with E-state index in [1.165, 1.54) is 11.8 Å². The van der Waals surface area contributed by atoms with E-state index in [4.69, 9.17) is 0 Å². The Morgan fingerprint density at radius 3 is 2.26 bits per heavy atom. The zero-order valence-corrected chi connectivity index (χ0v) is 12.7. The van der Waals surface area contributed by atoms with E-state index in [0.717, 1.165) is 24.8 Å². The van der Waals surface area contributed by atoms with Gasteiger partial charge >= 0.3 is 0 Å². The SMILES string of the molecule is CCCC(CC(SC(C)=O)c1ccccc1)C(C)=O. The number of hydrogen-bond acceptors (Lipinski definition) is 3. The standard InChI is InChI=1S/C16H22O2S/c1-4-8-15(12(2)17)11-16(19-13(3)18)14-9-6-5-7-10-14/h5-7,9-10,15-16H,4,8,11H2,1-3H3. The predicted octanol–water partition coefficient (Wildman–Crippen LogP) is 4.40. The van der Waals surface area contributed by atoms with Gasteiger partial charge in [0.2, 0.25) is 0 Å². The molecule has 0 bridgehead atoms. The first-order valence-corrected chi connectivity index (χ1v) is 7.65. The normalized spacial score (nSPS) is 13.8. The Morgan fingerprint density at radius 2 is 1.79 bits per heavy atom. The summed E-state index contributed by atoms with van der Waals surface area (Å²) < 4.78 is 0. The summed E-state index contributed by atoms with van der Waals surface area (Å²) in [6, 6.07) is 9.98. The molecule has 0 heterocycles. The molecule has 0 aromatic heterocycles. The molecule has 0 saturated carbocycles. The maximum absolute atomic E-state index is 11.7. The van der Waals surface area contributed by atoms with Gasteiger partial charge < -0.3 is 0 Å². The van der Waals surface area contributed by atoms with Gasteiger partial charge in [-0.15, -0.1) is 0 Å². The summed E-state index contributed by atoms with van der Waals surface area (Å²) in [4.78, 5) is 23.1. The fourth-order valence-corrected chi connectivity index (χ4v) is 3.24. The number of benzene rings is 1. The van der Waals surface area contributed by atoms with Crippen molar-refractivity contribution in [2.75, 3.05) is 0 Å². The van der Waals surface area contributed by atoms with Crippen LogP contribution in [0.3, 0.4) is 0 Å². The average molecular weight is 278 g/mol. The molecule has 0 amide bonds. The molecule has 2 atom stereocenters. The van der Waals surface area contributed by atoms with Gasteiger partial charge in [-0.3, -0.25) is 9.59 Å². The highest BCUT2D eigenvalue weighted by atomic mass is 32.2. The molecule has 0 aliphatic carbocycles. The lowest BCUT2D eigenvalue weighted by Gasteiger charge is -2.20. The lowest BCUT2D eigenvalue weighted by molar-refractivity contribution is -0.121. The van der Waals surface area contributed by atoms with Crippen molar-refractivity contribution in [3.63, 3.8) is 0 Å². The molecular formula is C16H22O2S. The Balaban J connectivity index is 2.85. The molecule has 104 valence electrons. The zero-order chi connectivity index (χ0) is 14.3. The van der Waals surface area contributed by atoms with Crippen LogP contribution in [-0.2, 0) is 9.59 Å². The van der Waals surface area contributed by atoms with E-state index in [1.807, 2.05) is 30.3 Å². The number of thioether (sulfide) groups is 1. The molecular weight excluding hydrogens is 256 g/mol. The summed E-state index contributed by atoms with van der Waals surface area (Å²) in [6.07, 6.45) is 2.64. The minimum absolute atomic E-state index is 0.0575. The highest BCUT2D eigenvalue weighted by Gasteiger charge is 2.22. The van der Waals surface area contributed by atoms with Gasteiger partial charge in [-0.1, -0.05) is 55.4 Å². The number of hydrogen-bond donors (Lipinski definition) is 0. The van der Waals surface area contributed by atoms with Gasteiger partial charge in [0.05, 0.1) is 0 Å². The second kappa shape index (κ2) is 8.16. The van der Waals surface area contributed by atoms with Crippen LogP contribution >= 0.6 is 11.8 Å². The monoisotopic (exact) mass is 278 g/mol. The van der Waals surface area contributed by atoms with Crippen LogP contribution in [0, 0.1) is 5.92 Å². The fraction of sp³-hybridized carbons (Fsp3) is 0.500. The third-order valence-electron chi connectivity index (χ3n) is 3.19. The summed E-state index contributed by atoms with van der Waals surface area (Å²) in [5.41, 5.74) is 1.13. The summed E-state index contributed by atoms with van der Waals surface area (Å²) >= 11 is 1.33. The van der Waals surface area contributed by atoms with E-state index in [1.54, 1.807) is 13.8 Å². The second-order valence-corrected chi connectivity index (χ2v) is 6.22. The summed E-state index contributed by atoms with van der Waals surface area (Å²) in [5.74, 6) is 0.286. The van der Waals surface area contributed by atoms with Crippen LogP contribution in [0.15, 0.2) is 30.3 Å². The molecule has 1 rings (SSSR count). The second-order valence-electron chi connectivity index (χ2n) is 4.84. The number of Topliss-reactive ketones (excluding diaryl/α,β-unsaturated/α-hetero) is 1. The molecule has 2 unspecified atom stereocenters. The van der Waals surface area contributed by atoms with E-state index in [9.17, 15) is 9.59 Å². The van der Waals surface area contributed by atoms with Crippen LogP contribution in [0.5, 0.6) is 0 Å². The first kappa shape index (κ1) is 16.0. The Hall–Kier alpha value is -1.09. The number of ketones is 1. The van der Waals surface area contributed by atoms with Crippen LogP contribution in [0.1, 0.15) is 50.8 Å². The van der Waals surface area contributed by atoms with Gasteiger partial charge in [0, 0.05) is 18.1 Å². The molecule has 0 radical (unpaired) electrons. The lowest BCUT2D eigenvalue weighted by atomic mass is 9.92.